The van der Waals surface area contributed by atoms with Gasteiger partial charge in [0.15, 0.2) is 12.4 Å². The average Bonchev–Trinajstić information content (AvgIpc) is 2.30. The highest BCUT2D eigenvalue weighted by atomic mass is 16.5. The Morgan fingerprint density at radius 2 is 1.93 bits per heavy atom. The molecule has 15 heavy (non-hydrogen) atoms. The van der Waals surface area contributed by atoms with Crippen molar-refractivity contribution in [2.75, 3.05) is 0 Å². The third-order valence-electron chi connectivity index (χ3n) is 2.33. The summed E-state index contributed by atoms with van der Waals surface area (Å²) in [5.41, 5.74) is 2.11. The maximum atomic E-state index is 10.9. The molecule has 2 heterocycles. The first-order valence-electron chi connectivity index (χ1n) is 4.70. The molecule has 0 saturated heterocycles. The minimum Gasteiger partial charge on any atom is -0.619 e. The monoisotopic (exact) mass is 199 g/mol. The molecule has 0 aromatic carbocycles. The molecule has 0 amide bonds. The summed E-state index contributed by atoms with van der Waals surface area (Å²) in [5, 5.41) is 10.9. The maximum absolute atomic E-state index is 10.9. The Morgan fingerprint density at radius 3 is 2.53 bits per heavy atom. The molecule has 0 unspecified atom stereocenters. The third-order valence-corrected chi connectivity index (χ3v) is 2.33. The van der Waals surface area contributed by atoms with Crippen LogP contribution in [-0.4, -0.2) is 4.98 Å². The molecular weight excluding hydrogens is 188 g/mol. The van der Waals surface area contributed by atoms with Crippen molar-refractivity contribution in [1.29, 1.82) is 0 Å². The molecule has 3 nitrogen and oxygen atoms in total. The Hall–Kier alpha value is -1.90. The first kappa shape index (κ1) is 9.65. The number of aromatic nitrogens is 2. The van der Waals surface area contributed by atoms with Crippen molar-refractivity contribution in [3.05, 3.63) is 71.3 Å². The molecule has 2 aromatic heterocycles. The molecule has 1 radical (unpaired) electrons. The van der Waals surface area contributed by atoms with Crippen LogP contribution in [0.4, 0.5) is 0 Å². The van der Waals surface area contributed by atoms with Crippen molar-refractivity contribution in [3.63, 3.8) is 0 Å². The van der Waals surface area contributed by atoms with Crippen LogP contribution in [0, 0.1) is 11.1 Å². The van der Waals surface area contributed by atoms with Crippen molar-refractivity contribution in [3.8, 4) is 0 Å². The Bertz CT molecular complexity index is 425. The minimum atomic E-state index is 0.778. The minimum absolute atomic E-state index is 0.778. The molecule has 0 fully saturated rings. The lowest BCUT2D eigenvalue weighted by molar-refractivity contribution is -0.605. The highest BCUT2D eigenvalue weighted by Crippen LogP contribution is 2.20. The van der Waals surface area contributed by atoms with E-state index < -0.39 is 0 Å². The summed E-state index contributed by atoms with van der Waals surface area (Å²) in [6.45, 7) is 2.02. The highest BCUT2D eigenvalue weighted by molar-refractivity contribution is 5.41. The molecule has 3 heteroatoms. The van der Waals surface area contributed by atoms with E-state index in [0.717, 1.165) is 21.8 Å². The summed E-state index contributed by atoms with van der Waals surface area (Å²) in [6, 6.07) is 7.50. The van der Waals surface area contributed by atoms with Gasteiger partial charge in [-0.1, -0.05) is 13.0 Å². The van der Waals surface area contributed by atoms with Crippen molar-refractivity contribution >= 4 is 0 Å². The predicted octanol–water partition coefficient (Wildman–Crippen LogP) is 1.71. The largest absolute Gasteiger partial charge is 0.619 e. The lowest BCUT2D eigenvalue weighted by Gasteiger charge is -2.09. The summed E-state index contributed by atoms with van der Waals surface area (Å²) >= 11 is 0. The van der Waals surface area contributed by atoms with Gasteiger partial charge in [0.25, 0.3) is 0 Å². The Labute approximate surface area is 88.6 Å². The van der Waals surface area contributed by atoms with Gasteiger partial charge in [0.05, 0.1) is 0 Å². The highest BCUT2D eigenvalue weighted by Gasteiger charge is 2.09. The van der Waals surface area contributed by atoms with Gasteiger partial charge in [0.2, 0.25) is 0 Å². The predicted molar refractivity (Wildman–Crippen MR) is 56.8 cm³/mol. The smallest absolute Gasteiger partial charge is 0.180 e. The van der Waals surface area contributed by atoms with Crippen molar-refractivity contribution in [2.45, 2.75) is 6.92 Å². The summed E-state index contributed by atoms with van der Waals surface area (Å²) in [7, 11) is 0. The fraction of sp³-hybridized carbons (Fsp3) is 0.0833. The van der Waals surface area contributed by atoms with Gasteiger partial charge in [0.1, 0.15) is 0 Å². The van der Waals surface area contributed by atoms with Crippen LogP contribution >= 0.6 is 0 Å². The molecule has 2 rings (SSSR count). The van der Waals surface area contributed by atoms with Crippen LogP contribution in [0.1, 0.15) is 18.1 Å². The van der Waals surface area contributed by atoms with Crippen LogP contribution in [0.2, 0.25) is 0 Å². The van der Waals surface area contributed by atoms with E-state index in [-0.39, 0.29) is 0 Å². The van der Waals surface area contributed by atoms with E-state index in [1.165, 1.54) is 12.4 Å². The van der Waals surface area contributed by atoms with E-state index in [1.807, 2.05) is 25.3 Å². The number of pyridine rings is 2. The third kappa shape index (κ3) is 2.13. The average molecular weight is 199 g/mol. The topological polar surface area (TPSA) is 39.8 Å². The zero-order valence-corrected chi connectivity index (χ0v) is 8.42. The van der Waals surface area contributed by atoms with Crippen molar-refractivity contribution < 1.29 is 4.73 Å². The van der Waals surface area contributed by atoms with Gasteiger partial charge in [-0.3, -0.25) is 4.98 Å². The number of rotatable bonds is 2. The van der Waals surface area contributed by atoms with Crippen LogP contribution < -0.4 is 4.73 Å². The van der Waals surface area contributed by atoms with Gasteiger partial charge in [-0.25, -0.2) is 0 Å². The maximum Gasteiger partial charge on any atom is 0.180 e. The molecule has 0 aliphatic heterocycles. The van der Waals surface area contributed by atoms with E-state index in [1.54, 1.807) is 18.3 Å². The zero-order chi connectivity index (χ0) is 10.7. The quantitative estimate of drug-likeness (QED) is 0.545. The van der Waals surface area contributed by atoms with E-state index in [4.69, 9.17) is 0 Å². The second kappa shape index (κ2) is 4.09. The molecule has 0 saturated carbocycles. The molecule has 0 spiro atoms. The number of nitrogens with zero attached hydrogens (tertiary/aromatic N) is 2. The normalized spacial score (nSPS) is 10.5. The zero-order valence-electron chi connectivity index (χ0n) is 8.42. The molecule has 0 N–H and O–H groups in total. The van der Waals surface area contributed by atoms with E-state index in [9.17, 15) is 5.21 Å². The van der Waals surface area contributed by atoms with Crippen LogP contribution in [0.15, 0.2) is 49.1 Å². The molecule has 0 aliphatic carbocycles. The molecule has 0 atom stereocenters. The summed E-state index contributed by atoms with van der Waals surface area (Å²) < 4.78 is 0.778. The first-order valence-corrected chi connectivity index (χ1v) is 4.70. The van der Waals surface area contributed by atoms with E-state index >= 15 is 0 Å². The molecule has 0 bridgehead atoms. The van der Waals surface area contributed by atoms with Crippen LogP contribution in [0.5, 0.6) is 0 Å². The van der Waals surface area contributed by atoms with Gasteiger partial charge in [0, 0.05) is 30.4 Å². The fourth-order valence-electron chi connectivity index (χ4n) is 1.41. The molecule has 75 valence electrons. The first-order chi connectivity index (χ1) is 7.27. The fourth-order valence-corrected chi connectivity index (χ4v) is 1.41. The Kier molecular flexibility index (Phi) is 2.63. The Morgan fingerprint density at radius 1 is 1.20 bits per heavy atom. The molecule has 2 aromatic rings. The van der Waals surface area contributed by atoms with Crippen LogP contribution in [0.3, 0.4) is 0 Å². The van der Waals surface area contributed by atoms with Gasteiger partial charge in [-0.2, -0.15) is 4.73 Å². The lowest BCUT2D eigenvalue weighted by atomic mass is 9.95. The summed E-state index contributed by atoms with van der Waals surface area (Å²) in [4.78, 5) is 4.06. The van der Waals surface area contributed by atoms with Crippen molar-refractivity contribution in [1.82, 2.24) is 4.98 Å². The van der Waals surface area contributed by atoms with E-state index in [0.29, 0.717) is 0 Å². The lowest BCUT2D eigenvalue weighted by Crippen LogP contribution is -2.24. The van der Waals surface area contributed by atoms with Crippen LogP contribution in [0.25, 0.3) is 0 Å². The second-order valence-electron chi connectivity index (χ2n) is 3.31. The standard InChI is InChI=1S/C12H11N2O/c1-10(12-3-2-6-13-9-12)11-4-7-14(15)8-5-11/h2-9H,1H3. The number of hydrogen-bond acceptors (Lipinski definition) is 2. The number of hydrogen-bond donors (Lipinski definition) is 0. The van der Waals surface area contributed by atoms with Crippen LogP contribution in [-0.2, 0) is 0 Å². The molecular formula is C12H11N2O. The van der Waals surface area contributed by atoms with Gasteiger partial charge >= 0.3 is 0 Å². The SMILES string of the molecule is C[C](c1cc[n+]([O-])cc1)c1cccnc1. The Balaban J connectivity index is 2.29. The van der Waals surface area contributed by atoms with Gasteiger partial charge < -0.3 is 5.21 Å². The summed E-state index contributed by atoms with van der Waals surface area (Å²) in [5.74, 6) is 1.11. The van der Waals surface area contributed by atoms with Crippen molar-refractivity contribution in [2.24, 2.45) is 0 Å². The van der Waals surface area contributed by atoms with E-state index in [2.05, 4.69) is 4.98 Å². The summed E-state index contributed by atoms with van der Waals surface area (Å²) in [6.07, 6.45) is 6.55. The van der Waals surface area contributed by atoms with Gasteiger partial charge in [-0.15, -0.1) is 0 Å². The van der Waals surface area contributed by atoms with Gasteiger partial charge in [-0.05, 0) is 17.2 Å². The molecule has 0 aliphatic rings. The second-order valence-corrected chi connectivity index (χ2v) is 3.31.